The first-order valence-electron chi connectivity index (χ1n) is 22.2. The first-order valence-corrected chi connectivity index (χ1v) is 22.2. The van der Waals surface area contributed by atoms with E-state index in [-0.39, 0.29) is 53.2 Å². The molecule has 1 unspecified atom stereocenters. The fraction of sp³-hybridized carbons (Fsp3) is 0.275. The topological polar surface area (TPSA) is 221 Å². The standard InChI is InChI=1S/C51H50FN7O9/c1-27-21-32(52)22-28(2)44(27)68-40-17-15-31(51(3,4)67)23-34(40)36-26-58(5)50(66)43-35(36)24-38(56-43)46(62)55-25-29-11-13-30(14-12-29)45(61)54-20-7-6-19-53-37-10-8-9-33-42(37)49(65)59(48(33)64)39-16-18-41(60)57-47(39)63/h8-15,17,21-24,26,39,53,56,67H,6-7,16,18-20,25H2,1-5H3,(H,54,61)(H,55,62)(H,57,60,63). The zero-order valence-corrected chi connectivity index (χ0v) is 38.1. The van der Waals surface area contributed by atoms with E-state index >= 15 is 0 Å². The predicted molar refractivity (Wildman–Crippen MR) is 251 cm³/mol. The molecule has 6 amide bonds. The summed E-state index contributed by atoms with van der Waals surface area (Å²) in [6.45, 7) is 7.72. The first-order chi connectivity index (χ1) is 32.4. The summed E-state index contributed by atoms with van der Waals surface area (Å²) in [5, 5.41) is 22.6. The maximum atomic E-state index is 14.2. The molecule has 4 aromatic carbocycles. The number of unbranched alkanes of at least 4 members (excludes halogenated alkanes) is 1. The summed E-state index contributed by atoms with van der Waals surface area (Å²) in [4.78, 5) is 94.5. The number of nitrogens with one attached hydrogen (secondary N) is 5. The highest BCUT2D eigenvalue weighted by Crippen LogP contribution is 2.41. The van der Waals surface area contributed by atoms with Gasteiger partial charge in [0.05, 0.1) is 16.7 Å². The van der Waals surface area contributed by atoms with E-state index in [1.165, 1.54) is 22.8 Å². The molecule has 68 heavy (non-hydrogen) atoms. The molecule has 0 bridgehead atoms. The van der Waals surface area contributed by atoms with Crippen molar-refractivity contribution in [1.82, 2.24) is 30.4 Å². The zero-order chi connectivity index (χ0) is 48.6. The van der Waals surface area contributed by atoms with Gasteiger partial charge in [-0.15, -0.1) is 0 Å². The minimum absolute atomic E-state index is 0.0315. The number of amides is 6. The molecule has 1 fully saturated rings. The Labute approximate surface area is 389 Å². The molecule has 0 saturated carbocycles. The number of carbonyl (C=O) groups is 6. The van der Waals surface area contributed by atoms with Crippen LogP contribution in [-0.4, -0.2) is 74.1 Å². The van der Waals surface area contributed by atoms with Gasteiger partial charge in [0.2, 0.25) is 11.8 Å². The smallest absolute Gasteiger partial charge is 0.274 e. The third-order valence-corrected chi connectivity index (χ3v) is 12.2. The molecule has 16 nitrogen and oxygen atoms in total. The van der Waals surface area contributed by atoms with Crippen LogP contribution in [-0.2, 0) is 28.8 Å². The summed E-state index contributed by atoms with van der Waals surface area (Å²) in [6, 6.07) is 20.2. The highest BCUT2D eigenvalue weighted by atomic mass is 19.1. The van der Waals surface area contributed by atoms with Gasteiger partial charge >= 0.3 is 0 Å². The largest absolute Gasteiger partial charge is 0.456 e. The van der Waals surface area contributed by atoms with Crippen LogP contribution in [0.5, 0.6) is 11.5 Å². The molecule has 17 heteroatoms. The number of hydrogen-bond donors (Lipinski definition) is 6. The average molecular weight is 924 g/mol. The van der Waals surface area contributed by atoms with Crippen LogP contribution in [0, 0.1) is 19.7 Å². The van der Waals surface area contributed by atoms with Crippen LogP contribution in [0.15, 0.2) is 89.9 Å². The molecule has 8 rings (SSSR count). The van der Waals surface area contributed by atoms with E-state index in [1.807, 2.05) is 0 Å². The van der Waals surface area contributed by atoms with E-state index in [1.54, 1.807) is 102 Å². The molecule has 2 aliphatic heterocycles. The Hall–Kier alpha value is -7.92. The number of aromatic amines is 1. The van der Waals surface area contributed by atoms with Crippen LogP contribution >= 0.6 is 0 Å². The Bertz CT molecular complexity index is 3090. The molecular formula is C51H50FN7O9. The van der Waals surface area contributed by atoms with Gasteiger partial charge < -0.3 is 35.3 Å². The molecule has 0 aliphatic carbocycles. The molecule has 0 radical (unpaired) electrons. The van der Waals surface area contributed by atoms with Crippen molar-refractivity contribution in [2.75, 3.05) is 18.4 Å². The number of H-pyrrole nitrogens is 1. The number of benzene rings is 4. The molecule has 1 atom stereocenters. The molecule has 6 aromatic rings. The quantitative estimate of drug-likeness (QED) is 0.0501. The van der Waals surface area contributed by atoms with Crippen LogP contribution in [0.1, 0.15) is 103 Å². The van der Waals surface area contributed by atoms with E-state index in [4.69, 9.17) is 4.74 Å². The highest BCUT2D eigenvalue weighted by Gasteiger charge is 2.45. The van der Waals surface area contributed by atoms with Gasteiger partial charge in [0, 0.05) is 67.1 Å². The second-order valence-electron chi connectivity index (χ2n) is 17.6. The van der Waals surface area contributed by atoms with Crippen molar-refractivity contribution in [3.8, 4) is 22.6 Å². The second-order valence-corrected chi connectivity index (χ2v) is 17.6. The van der Waals surface area contributed by atoms with Crippen LogP contribution < -0.4 is 31.6 Å². The number of carbonyl (C=O) groups excluding carboxylic acids is 6. The number of piperidine rings is 1. The molecule has 6 N–H and O–H groups in total. The number of imide groups is 2. The lowest BCUT2D eigenvalue weighted by Crippen LogP contribution is -2.54. The lowest BCUT2D eigenvalue weighted by molar-refractivity contribution is -0.136. The third kappa shape index (κ3) is 9.37. The van der Waals surface area contributed by atoms with E-state index in [2.05, 4.69) is 26.3 Å². The fourth-order valence-electron chi connectivity index (χ4n) is 8.54. The van der Waals surface area contributed by atoms with Crippen molar-refractivity contribution in [3.63, 3.8) is 0 Å². The number of aromatic nitrogens is 2. The van der Waals surface area contributed by atoms with Crippen LogP contribution in [0.3, 0.4) is 0 Å². The first kappa shape index (κ1) is 46.6. The lowest BCUT2D eigenvalue weighted by atomic mass is 9.93. The monoisotopic (exact) mass is 923 g/mol. The molecule has 2 aromatic heterocycles. The van der Waals surface area contributed by atoms with Crippen molar-refractivity contribution in [2.45, 2.75) is 71.6 Å². The number of anilines is 1. The van der Waals surface area contributed by atoms with Gasteiger partial charge in [-0.05, 0) is 124 Å². The van der Waals surface area contributed by atoms with Crippen molar-refractivity contribution in [2.24, 2.45) is 7.05 Å². The minimum atomic E-state index is -1.23. The molecule has 4 heterocycles. The number of hydrogen-bond acceptors (Lipinski definition) is 10. The van der Waals surface area contributed by atoms with Crippen molar-refractivity contribution >= 4 is 52.0 Å². The number of aryl methyl sites for hydroxylation is 3. The zero-order valence-electron chi connectivity index (χ0n) is 38.1. The van der Waals surface area contributed by atoms with Gasteiger partial charge in [-0.2, -0.15) is 0 Å². The Kier molecular flexibility index (Phi) is 12.9. The van der Waals surface area contributed by atoms with Crippen molar-refractivity contribution in [1.29, 1.82) is 0 Å². The highest BCUT2D eigenvalue weighted by molar-refractivity contribution is 6.25. The maximum Gasteiger partial charge on any atom is 0.274 e. The van der Waals surface area contributed by atoms with E-state index < -0.39 is 47.0 Å². The summed E-state index contributed by atoms with van der Waals surface area (Å²) in [7, 11) is 1.60. The molecule has 0 spiro atoms. The van der Waals surface area contributed by atoms with E-state index in [0.717, 1.165) is 10.5 Å². The van der Waals surface area contributed by atoms with Gasteiger partial charge in [-0.3, -0.25) is 43.8 Å². The SMILES string of the molecule is Cc1cc(F)cc(C)c1Oc1ccc(C(C)(C)O)cc1-c1cn(C)c(=O)c2[nH]c(C(=O)NCc3ccc(C(=O)NCCCCNc4cccc5c4C(=O)N(C4CCC(=O)NC4=O)C5=O)cc3)cc12. The Balaban J connectivity index is 0.869. The predicted octanol–water partition coefficient (Wildman–Crippen LogP) is 6.26. The Morgan fingerprint density at radius 3 is 2.28 bits per heavy atom. The summed E-state index contributed by atoms with van der Waals surface area (Å²) < 4.78 is 22.0. The molecular weight excluding hydrogens is 874 g/mol. The number of nitrogens with zero attached hydrogens (tertiary/aromatic N) is 2. The Morgan fingerprint density at radius 2 is 1.57 bits per heavy atom. The average Bonchev–Trinajstić information content (AvgIpc) is 3.86. The molecule has 350 valence electrons. The number of halogens is 1. The van der Waals surface area contributed by atoms with E-state index in [0.29, 0.717) is 81.9 Å². The number of rotatable bonds is 15. The normalized spacial score (nSPS) is 14.8. The van der Waals surface area contributed by atoms with Crippen LogP contribution in [0.2, 0.25) is 0 Å². The van der Waals surface area contributed by atoms with Crippen molar-refractivity contribution in [3.05, 3.63) is 146 Å². The second kappa shape index (κ2) is 18.8. The minimum Gasteiger partial charge on any atom is -0.456 e. The number of aliphatic hydroxyl groups is 1. The number of pyridine rings is 1. The summed E-state index contributed by atoms with van der Waals surface area (Å²) in [6.07, 6.45) is 2.96. The molecule has 2 aliphatic rings. The molecule has 1 saturated heterocycles. The fourth-order valence-corrected chi connectivity index (χ4v) is 8.54. The third-order valence-electron chi connectivity index (χ3n) is 12.2. The summed E-state index contributed by atoms with van der Waals surface area (Å²) >= 11 is 0. The van der Waals surface area contributed by atoms with Crippen molar-refractivity contribution < 1.29 is 43.0 Å². The van der Waals surface area contributed by atoms with Gasteiger partial charge in [0.15, 0.2) is 0 Å². The van der Waals surface area contributed by atoms with Gasteiger partial charge in [-0.25, -0.2) is 4.39 Å². The van der Waals surface area contributed by atoms with Crippen LogP contribution in [0.4, 0.5) is 10.1 Å². The summed E-state index contributed by atoms with van der Waals surface area (Å²) in [5.41, 5.74) is 3.52. The maximum absolute atomic E-state index is 14.2. The van der Waals surface area contributed by atoms with Gasteiger partial charge in [0.25, 0.3) is 29.2 Å². The van der Waals surface area contributed by atoms with Gasteiger partial charge in [0.1, 0.15) is 34.6 Å². The number of ether oxygens (including phenoxy) is 1. The summed E-state index contributed by atoms with van der Waals surface area (Å²) in [5.74, 6) is -2.59. The lowest BCUT2D eigenvalue weighted by Gasteiger charge is -2.27. The van der Waals surface area contributed by atoms with Gasteiger partial charge in [-0.1, -0.05) is 24.3 Å². The van der Waals surface area contributed by atoms with E-state index in [9.17, 15) is 43.1 Å². The Morgan fingerprint density at radius 1 is 0.853 bits per heavy atom. The number of fused-ring (bicyclic) bond motifs is 2. The van der Waals surface area contributed by atoms with Crippen LogP contribution in [0.25, 0.3) is 22.0 Å².